The second-order valence-corrected chi connectivity index (χ2v) is 6.22. The number of carbonyl (C=O) groups excluding carboxylic acids is 1. The number of hydrogen-bond donors (Lipinski definition) is 2. The van der Waals surface area contributed by atoms with Crippen LogP contribution in [0.2, 0.25) is 5.02 Å². The predicted molar refractivity (Wildman–Crippen MR) is 104 cm³/mol. The van der Waals surface area contributed by atoms with Crippen LogP contribution in [0.3, 0.4) is 0 Å². The summed E-state index contributed by atoms with van der Waals surface area (Å²) < 4.78 is 0. The fourth-order valence-electron chi connectivity index (χ4n) is 2.46. The van der Waals surface area contributed by atoms with Crippen molar-refractivity contribution in [2.45, 2.75) is 12.8 Å². The molecule has 0 saturated carbocycles. The van der Waals surface area contributed by atoms with Crippen molar-refractivity contribution in [2.24, 2.45) is 0 Å². The van der Waals surface area contributed by atoms with E-state index in [2.05, 4.69) is 33.0 Å². The zero-order valence-electron chi connectivity index (χ0n) is 14.2. The maximum Gasteiger partial charge on any atom is 0.271 e. The van der Waals surface area contributed by atoms with Gasteiger partial charge < -0.3 is 10.6 Å². The van der Waals surface area contributed by atoms with Gasteiger partial charge in [-0.3, -0.25) is 4.79 Å². The average Bonchev–Trinajstić information content (AvgIpc) is 2.66. The van der Waals surface area contributed by atoms with Crippen molar-refractivity contribution in [2.75, 3.05) is 11.9 Å². The van der Waals surface area contributed by atoms with Crippen LogP contribution in [0.25, 0.3) is 0 Å². The molecular weight excluding hydrogens is 348 g/mol. The fourth-order valence-corrected chi connectivity index (χ4v) is 2.65. The fraction of sp³-hybridized carbons (Fsp3) is 0.150. The highest BCUT2D eigenvalue weighted by Gasteiger charge is 2.07. The quantitative estimate of drug-likeness (QED) is 0.614. The molecule has 2 N–H and O–H groups in total. The molecule has 0 radical (unpaired) electrons. The number of anilines is 2. The number of aryl methyl sites for hydroxylation is 1. The Morgan fingerprint density at radius 1 is 0.962 bits per heavy atom. The van der Waals surface area contributed by atoms with E-state index < -0.39 is 0 Å². The van der Waals surface area contributed by atoms with Crippen LogP contribution in [-0.4, -0.2) is 22.6 Å². The summed E-state index contributed by atoms with van der Waals surface area (Å²) in [5.41, 5.74) is 2.37. The van der Waals surface area contributed by atoms with Gasteiger partial charge >= 0.3 is 0 Å². The Hall–Kier alpha value is -2.92. The lowest BCUT2D eigenvalue weighted by Crippen LogP contribution is -2.26. The van der Waals surface area contributed by atoms with Crippen LogP contribution >= 0.6 is 11.6 Å². The number of carbonyl (C=O) groups is 1. The zero-order valence-corrected chi connectivity index (χ0v) is 14.9. The minimum atomic E-state index is -0.222. The SMILES string of the molecule is O=C(NCCCc1ccccc1)c1ccc(Nc2cccc(Cl)c2)nn1. The van der Waals surface area contributed by atoms with Crippen LogP contribution in [-0.2, 0) is 6.42 Å². The molecule has 0 saturated heterocycles. The summed E-state index contributed by atoms with van der Waals surface area (Å²) >= 11 is 5.95. The zero-order chi connectivity index (χ0) is 18.2. The number of rotatable bonds is 7. The summed E-state index contributed by atoms with van der Waals surface area (Å²) in [6.07, 6.45) is 1.80. The van der Waals surface area contributed by atoms with Gasteiger partial charge in [-0.15, -0.1) is 10.2 Å². The Labute approximate surface area is 157 Å². The van der Waals surface area contributed by atoms with Gasteiger partial charge in [-0.05, 0) is 48.7 Å². The molecule has 0 bridgehead atoms. The Morgan fingerprint density at radius 3 is 2.54 bits per heavy atom. The molecule has 5 nitrogen and oxygen atoms in total. The maximum absolute atomic E-state index is 12.1. The molecule has 2 aromatic carbocycles. The lowest BCUT2D eigenvalue weighted by molar-refractivity contribution is 0.0947. The third-order valence-corrected chi connectivity index (χ3v) is 4.00. The molecule has 0 unspecified atom stereocenters. The van der Waals surface area contributed by atoms with Gasteiger partial charge in [0.25, 0.3) is 5.91 Å². The van der Waals surface area contributed by atoms with E-state index >= 15 is 0 Å². The molecule has 1 heterocycles. The van der Waals surface area contributed by atoms with E-state index in [-0.39, 0.29) is 5.91 Å². The lowest BCUT2D eigenvalue weighted by Gasteiger charge is -2.07. The molecule has 1 aromatic heterocycles. The minimum absolute atomic E-state index is 0.222. The van der Waals surface area contributed by atoms with Crippen molar-refractivity contribution >= 4 is 29.0 Å². The van der Waals surface area contributed by atoms with Gasteiger partial charge in [-0.1, -0.05) is 48.0 Å². The number of amides is 1. The van der Waals surface area contributed by atoms with Crippen LogP contribution < -0.4 is 10.6 Å². The second-order valence-electron chi connectivity index (χ2n) is 5.78. The molecule has 132 valence electrons. The highest BCUT2D eigenvalue weighted by molar-refractivity contribution is 6.30. The van der Waals surface area contributed by atoms with Crippen molar-refractivity contribution in [3.05, 3.63) is 83.0 Å². The number of benzene rings is 2. The summed E-state index contributed by atoms with van der Waals surface area (Å²) in [6, 6.07) is 20.9. The molecule has 3 aromatic rings. The summed E-state index contributed by atoms with van der Waals surface area (Å²) in [6.45, 7) is 0.595. The first kappa shape index (κ1) is 17.9. The van der Waals surface area contributed by atoms with Crippen LogP contribution in [0.1, 0.15) is 22.5 Å². The molecule has 26 heavy (non-hydrogen) atoms. The number of aromatic nitrogens is 2. The standard InChI is InChI=1S/C20H19ClN4O/c21-16-9-4-10-17(14-16)23-19-12-11-18(24-25-19)20(26)22-13-5-8-15-6-2-1-3-7-15/h1-4,6-7,9-12,14H,5,8,13H2,(H,22,26)(H,23,25). The van der Waals surface area contributed by atoms with Gasteiger partial charge in [0.1, 0.15) is 0 Å². The van der Waals surface area contributed by atoms with Crippen molar-refractivity contribution in [1.82, 2.24) is 15.5 Å². The van der Waals surface area contributed by atoms with E-state index in [1.165, 1.54) is 5.56 Å². The van der Waals surface area contributed by atoms with Crippen molar-refractivity contribution in [3.63, 3.8) is 0 Å². The maximum atomic E-state index is 12.1. The Bertz CT molecular complexity index is 853. The summed E-state index contributed by atoms with van der Waals surface area (Å²) in [4.78, 5) is 12.1. The van der Waals surface area contributed by atoms with Gasteiger partial charge in [0, 0.05) is 17.3 Å². The van der Waals surface area contributed by atoms with Crippen LogP contribution in [0.15, 0.2) is 66.7 Å². The molecule has 3 rings (SSSR count). The second kappa shape index (κ2) is 8.97. The monoisotopic (exact) mass is 366 g/mol. The van der Waals surface area contributed by atoms with Crippen molar-refractivity contribution in [3.8, 4) is 0 Å². The molecule has 6 heteroatoms. The van der Waals surface area contributed by atoms with Crippen LogP contribution in [0.5, 0.6) is 0 Å². The molecule has 0 atom stereocenters. The van der Waals surface area contributed by atoms with Gasteiger partial charge in [-0.2, -0.15) is 0 Å². The molecule has 0 aliphatic heterocycles. The third-order valence-electron chi connectivity index (χ3n) is 3.76. The smallest absolute Gasteiger partial charge is 0.271 e. The van der Waals surface area contributed by atoms with E-state index in [9.17, 15) is 4.79 Å². The van der Waals surface area contributed by atoms with Crippen LogP contribution in [0, 0.1) is 0 Å². The first-order valence-electron chi connectivity index (χ1n) is 8.39. The third kappa shape index (κ3) is 5.29. The van der Waals surface area contributed by atoms with Gasteiger partial charge in [0.05, 0.1) is 0 Å². The van der Waals surface area contributed by atoms with Crippen molar-refractivity contribution in [1.29, 1.82) is 0 Å². The predicted octanol–water partition coefficient (Wildman–Crippen LogP) is 4.24. The lowest BCUT2D eigenvalue weighted by atomic mass is 10.1. The van der Waals surface area contributed by atoms with Gasteiger partial charge in [0.2, 0.25) is 0 Å². The van der Waals surface area contributed by atoms with E-state index in [0.717, 1.165) is 18.5 Å². The van der Waals surface area contributed by atoms with Gasteiger partial charge in [-0.25, -0.2) is 0 Å². The highest BCUT2D eigenvalue weighted by atomic mass is 35.5. The molecule has 0 spiro atoms. The normalized spacial score (nSPS) is 10.3. The van der Waals surface area contributed by atoms with Crippen molar-refractivity contribution < 1.29 is 4.79 Å². The Kier molecular flexibility index (Phi) is 6.17. The first-order chi connectivity index (χ1) is 12.7. The topological polar surface area (TPSA) is 66.9 Å². The molecule has 0 aliphatic carbocycles. The largest absolute Gasteiger partial charge is 0.351 e. The summed E-state index contributed by atoms with van der Waals surface area (Å²) in [5, 5.41) is 14.6. The number of hydrogen-bond acceptors (Lipinski definition) is 4. The number of nitrogens with zero attached hydrogens (tertiary/aromatic N) is 2. The number of halogens is 1. The molecule has 0 fully saturated rings. The number of nitrogens with one attached hydrogen (secondary N) is 2. The van der Waals surface area contributed by atoms with E-state index in [1.807, 2.05) is 30.3 Å². The van der Waals surface area contributed by atoms with E-state index in [0.29, 0.717) is 23.1 Å². The first-order valence-corrected chi connectivity index (χ1v) is 8.77. The highest BCUT2D eigenvalue weighted by Crippen LogP contribution is 2.18. The summed E-state index contributed by atoms with van der Waals surface area (Å²) in [7, 11) is 0. The molecule has 1 amide bonds. The Balaban J connectivity index is 1.47. The Morgan fingerprint density at radius 2 is 1.81 bits per heavy atom. The molecular formula is C20H19ClN4O. The average molecular weight is 367 g/mol. The summed E-state index contributed by atoms with van der Waals surface area (Å²) in [5.74, 6) is 0.327. The van der Waals surface area contributed by atoms with Gasteiger partial charge in [0.15, 0.2) is 11.5 Å². The van der Waals surface area contributed by atoms with E-state index in [4.69, 9.17) is 11.6 Å². The van der Waals surface area contributed by atoms with Crippen LogP contribution in [0.4, 0.5) is 11.5 Å². The van der Waals surface area contributed by atoms with E-state index in [1.54, 1.807) is 24.3 Å². The molecule has 0 aliphatic rings. The minimum Gasteiger partial charge on any atom is -0.351 e.